The molecule has 0 aliphatic heterocycles. The minimum atomic E-state index is -0.474. The Morgan fingerprint density at radius 1 is 0.593 bits per heavy atom. The molecule has 2 atom stereocenters. The number of aryl methyl sites for hydroxylation is 2. The highest BCUT2D eigenvalue weighted by Gasteiger charge is 2.32. The predicted molar refractivity (Wildman–Crippen MR) is 222 cm³/mol. The summed E-state index contributed by atoms with van der Waals surface area (Å²) in [5, 5.41) is 3.29. The normalized spacial score (nSPS) is 12.2. The Morgan fingerprint density at radius 3 is 1.28 bits per heavy atom. The number of para-hydroxylation sites is 2. The molecule has 0 unspecified atom stereocenters. The second-order valence-corrected chi connectivity index (χ2v) is 13.9. The number of methoxy groups -OCH3 is 2. The number of amides is 2. The molecule has 8 nitrogen and oxygen atoms in total. The Labute approximate surface area is 328 Å². The van der Waals surface area contributed by atoms with Crippen molar-refractivity contribution in [2.24, 2.45) is 0 Å². The number of carbonyl (C=O) groups excluding carboxylic acids is 2. The smallest absolute Gasteiger partial charge is 0.234 e. The van der Waals surface area contributed by atoms with Crippen LogP contribution in [0, 0.1) is 13.8 Å². The molecule has 2 aromatic heterocycles. The van der Waals surface area contributed by atoms with Gasteiger partial charge in [0, 0.05) is 60.5 Å². The van der Waals surface area contributed by atoms with Crippen molar-refractivity contribution < 1.29 is 19.1 Å². The Bertz CT molecular complexity index is 2080. The first-order valence-corrected chi connectivity index (χ1v) is 19.2. The average Bonchev–Trinajstić information content (AvgIpc) is 3.90. The van der Waals surface area contributed by atoms with E-state index >= 15 is 0 Å². The zero-order valence-corrected chi connectivity index (χ0v) is 33.9. The highest BCUT2D eigenvalue weighted by molar-refractivity contribution is 6.35. The molecule has 4 aromatic carbocycles. The maximum Gasteiger partial charge on any atom is 0.234 e. The van der Waals surface area contributed by atoms with Crippen molar-refractivity contribution in [2.45, 2.75) is 53.4 Å². The molecule has 0 spiro atoms. The van der Waals surface area contributed by atoms with Crippen molar-refractivity contribution in [2.75, 3.05) is 40.4 Å². The van der Waals surface area contributed by atoms with E-state index in [-0.39, 0.29) is 11.8 Å². The SMILES string of the molecule is CCN(CC)C(=O)[C@@H](c1ccccc1OC)c1cc(Cl)c2[nH]ccc2c1C.CCN(CC)C(=O)[C@@H](c1ccccc1OC)c1cc(Cl)c2[nH]ccc2c1C. The number of likely N-dealkylation sites (N-methyl/N-ethyl adjacent to an activating group) is 2. The number of halogens is 2. The minimum Gasteiger partial charge on any atom is -0.496 e. The highest BCUT2D eigenvalue weighted by atomic mass is 35.5. The number of benzene rings is 4. The van der Waals surface area contributed by atoms with Crippen molar-refractivity contribution >= 4 is 56.8 Å². The van der Waals surface area contributed by atoms with Crippen molar-refractivity contribution in [3.05, 3.63) is 129 Å². The summed E-state index contributed by atoms with van der Waals surface area (Å²) in [5.74, 6) is 0.563. The van der Waals surface area contributed by atoms with Crippen LogP contribution < -0.4 is 9.47 Å². The largest absolute Gasteiger partial charge is 0.496 e. The van der Waals surface area contributed by atoms with Gasteiger partial charge in [0.2, 0.25) is 11.8 Å². The van der Waals surface area contributed by atoms with Gasteiger partial charge in [-0.25, -0.2) is 0 Å². The molecule has 54 heavy (non-hydrogen) atoms. The van der Waals surface area contributed by atoms with Gasteiger partial charge in [0.1, 0.15) is 11.5 Å². The summed E-state index contributed by atoms with van der Waals surface area (Å²) in [6, 6.07) is 23.2. The van der Waals surface area contributed by atoms with Crippen LogP contribution in [-0.4, -0.2) is 72.0 Å². The third-order valence-electron chi connectivity index (χ3n) is 10.4. The van der Waals surface area contributed by atoms with Crippen molar-refractivity contribution in [1.82, 2.24) is 19.8 Å². The number of nitrogens with one attached hydrogen (secondary N) is 2. The van der Waals surface area contributed by atoms with Crippen LogP contribution in [0.15, 0.2) is 85.2 Å². The predicted octanol–water partition coefficient (Wildman–Crippen LogP) is 10.3. The van der Waals surface area contributed by atoms with Crippen LogP contribution in [0.5, 0.6) is 11.5 Å². The van der Waals surface area contributed by atoms with Gasteiger partial charge >= 0.3 is 0 Å². The molecule has 284 valence electrons. The minimum absolute atomic E-state index is 0.0542. The lowest BCUT2D eigenvalue weighted by molar-refractivity contribution is -0.132. The first kappa shape index (κ1) is 40.3. The quantitative estimate of drug-likeness (QED) is 0.130. The van der Waals surface area contributed by atoms with Crippen LogP contribution in [0.4, 0.5) is 0 Å². The lowest BCUT2D eigenvalue weighted by Gasteiger charge is -2.28. The molecule has 0 radical (unpaired) electrons. The molecule has 10 heteroatoms. The lowest BCUT2D eigenvalue weighted by Crippen LogP contribution is -2.35. The van der Waals surface area contributed by atoms with E-state index in [0.29, 0.717) is 47.7 Å². The Balaban J connectivity index is 0.000000208. The Hall–Kier alpha value is -4.92. The van der Waals surface area contributed by atoms with Gasteiger partial charge in [-0.15, -0.1) is 0 Å². The van der Waals surface area contributed by atoms with E-state index in [4.69, 9.17) is 32.7 Å². The van der Waals surface area contributed by atoms with Crippen LogP contribution in [0.3, 0.4) is 0 Å². The molecule has 0 saturated heterocycles. The van der Waals surface area contributed by atoms with Crippen LogP contribution in [-0.2, 0) is 9.59 Å². The molecule has 0 aliphatic carbocycles. The molecule has 0 fully saturated rings. The Morgan fingerprint density at radius 2 is 0.944 bits per heavy atom. The molecule has 0 aliphatic rings. The molecule has 2 heterocycles. The summed E-state index contributed by atoms with van der Waals surface area (Å²) >= 11 is 13.1. The maximum atomic E-state index is 13.5. The van der Waals surface area contributed by atoms with Crippen LogP contribution in [0.1, 0.15) is 72.9 Å². The first-order valence-electron chi connectivity index (χ1n) is 18.4. The van der Waals surface area contributed by atoms with Gasteiger partial charge < -0.3 is 29.2 Å². The second-order valence-electron chi connectivity index (χ2n) is 13.0. The number of H-pyrrole nitrogens is 2. The van der Waals surface area contributed by atoms with E-state index in [0.717, 1.165) is 55.2 Å². The number of aromatic nitrogens is 2. The van der Waals surface area contributed by atoms with Gasteiger partial charge in [0.15, 0.2) is 0 Å². The standard InChI is InChI=1S/2C22H25ClN2O2/c2*1-5-25(6-2)22(26)20(16-9-7-8-10-19(16)27-4)17-13-18(23)21-15(14(17)3)11-12-24-21/h2*7-13,20,24H,5-6H2,1-4H3/t2*20-/m00/s1. The summed E-state index contributed by atoms with van der Waals surface area (Å²) in [7, 11) is 3.26. The number of aromatic amines is 2. The Kier molecular flexibility index (Phi) is 13.4. The molecule has 0 bridgehead atoms. The molecule has 2 amide bonds. The van der Waals surface area contributed by atoms with E-state index in [1.54, 1.807) is 14.2 Å². The summed E-state index contributed by atoms with van der Waals surface area (Å²) in [5.41, 5.74) is 7.41. The number of nitrogens with zero attached hydrogens (tertiary/aromatic N) is 2. The zero-order valence-electron chi connectivity index (χ0n) is 32.3. The van der Waals surface area contributed by atoms with Crippen LogP contribution in [0.25, 0.3) is 21.8 Å². The molecule has 6 aromatic rings. The number of carbonyl (C=O) groups is 2. The van der Waals surface area contributed by atoms with Crippen molar-refractivity contribution in [3.63, 3.8) is 0 Å². The number of rotatable bonds is 12. The molecular weight excluding hydrogens is 719 g/mol. The van der Waals surface area contributed by atoms with Gasteiger partial charge in [-0.3, -0.25) is 9.59 Å². The molecule has 2 N–H and O–H groups in total. The fraction of sp³-hybridized carbons (Fsp3) is 0.318. The fourth-order valence-electron chi connectivity index (χ4n) is 7.42. The van der Waals surface area contributed by atoms with Gasteiger partial charge in [-0.1, -0.05) is 59.6 Å². The molecular formula is C44H50Cl2N4O4. The third kappa shape index (κ3) is 7.82. The molecule has 6 rings (SSSR count). The molecule has 0 saturated carbocycles. The zero-order chi connectivity index (χ0) is 39.1. The van der Waals surface area contributed by atoms with E-state index in [1.807, 2.05) is 137 Å². The number of fused-ring (bicyclic) bond motifs is 2. The van der Waals surface area contributed by atoms with E-state index in [1.165, 1.54) is 0 Å². The maximum absolute atomic E-state index is 13.5. The number of ether oxygens (including phenoxy) is 2. The highest BCUT2D eigenvalue weighted by Crippen LogP contribution is 2.41. The third-order valence-corrected chi connectivity index (χ3v) is 11.0. The summed E-state index contributed by atoms with van der Waals surface area (Å²) in [6.07, 6.45) is 3.75. The number of hydrogen-bond donors (Lipinski definition) is 2. The monoisotopic (exact) mass is 768 g/mol. The second kappa shape index (κ2) is 17.9. The van der Waals surface area contributed by atoms with Crippen LogP contribution in [0.2, 0.25) is 10.0 Å². The van der Waals surface area contributed by atoms with Crippen LogP contribution >= 0.6 is 23.2 Å². The number of hydrogen-bond acceptors (Lipinski definition) is 4. The summed E-state index contributed by atoms with van der Waals surface area (Å²) < 4.78 is 11.2. The van der Waals surface area contributed by atoms with Crippen molar-refractivity contribution in [1.29, 1.82) is 0 Å². The average molecular weight is 770 g/mol. The summed E-state index contributed by atoms with van der Waals surface area (Å²) in [4.78, 5) is 37.1. The first-order chi connectivity index (χ1) is 26.1. The van der Waals surface area contributed by atoms with Gasteiger partial charge in [-0.05, 0) is 100 Å². The van der Waals surface area contributed by atoms with E-state index in [2.05, 4.69) is 9.97 Å². The van der Waals surface area contributed by atoms with Gasteiger partial charge in [0.05, 0.1) is 47.1 Å². The summed E-state index contributed by atoms with van der Waals surface area (Å²) in [6.45, 7) is 14.7. The van der Waals surface area contributed by atoms with E-state index < -0.39 is 11.8 Å². The lowest BCUT2D eigenvalue weighted by atomic mass is 9.85. The van der Waals surface area contributed by atoms with Crippen molar-refractivity contribution in [3.8, 4) is 11.5 Å². The van der Waals surface area contributed by atoms with E-state index in [9.17, 15) is 9.59 Å². The fourth-order valence-corrected chi connectivity index (χ4v) is 7.96. The van der Waals surface area contributed by atoms with Gasteiger partial charge in [0.25, 0.3) is 0 Å². The van der Waals surface area contributed by atoms with Gasteiger partial charge in [-0.2, -0.15) is 0 Å². The topological polar surface area (TPSA) is 90.7 Å².